The molecule has 2 aromatic carbocycles. The second-order valence-electron chi connectivity index (χ2n) is 6.01. The molecule has 1 aromatic heterocycles. The zero-order chi connectivity index (χ0) is 19.2. The molecule has 2 amide bonds. The minimum atomic E-state index is -3.89. The van der Waals surface area contributed by atoms with Gasteiger partial charge in [0.15, 0.2) is 0 Å². The molecule has 0 saturated carbocycles. The van der Waals surface area contributed by atoms with E-state index in [-0.39, 0.29) is 16.0 Å². The smallest absolute Gasteiger partial charge is 0.286 e. The fraction of sp³-hybridized carbons (Fsp3) is 0.111. The first kappa shape index (κ1) is 17.7. The van der Waals surface area contributed by atoms with Crippen LogP contribution < -0.4 is 5.32 Å². The number of hydrogen-bond acceptors (Lipinski definition) is 5. The molecule has 3 aromatic rings. The predicted molar refractivity (Wildman–Crippen MR) is 99.5 cm³/mol. The minimum absolute atomic E-state index is 0.0249. The summed E-state index contributed by atoms with van der Waals surface area (Å²) in [7, 11) is -3.89. The van der Waals surface area contributed by atoms with E-state index in [2.05, 4.69) is 5.32 Å². The summed E-state index contributed by atoms with van der Waals surface area (Å²) in [5, 5.41) is 2.00. The molecule has 9 heteroatoms. The van der Waals surface area contributed by atoms with E-state index in [4.69, 9.17) is 0 Å². The molecule has 6 nitrogen and oxygen atoms in total. The summed E-state index contributed by atoms with van der Waals surface area (Å²) in [6.07, 6.45) is 1.74. The van der Waals surface area contributed by atoms with Gasteiger partial charge in [0.1, 0.15) is 5.82 Å². The molecule has 1 aliphatic rings. The van der Waals surface area contributed by atoms with Gasteiger partial charge in [-0.2, -0.15) is 0 Å². The zero-order valence-electron chi connectivity index (χ0n) is 13.8. The Labute approximate surface area is 158 Å². The molecule has 0 bridgehead atoms. The molecule has 0 spiro atoms. The monoisotopic (exact) mass is 404 g/mol. The van der Waals surface area contributed by atoms with Crippen LogP contribution in [0.25, 0.3) is 10.9 Å². The predicted octanol–water partition coefficient (Wildman–Crippen LogP) is 2.91. The van der Waals surface area contributed by atoms with E-state index in [0.29, 0.717) is 17.3 Å². The van der Waals surface area contributed by atoms with E-state index < -0.39 is 21.1 Å². The SMILES string of the molecule is O=C1NC(=O)C(Cc2cccc3c2ccn3S(=O)(=O)c2ccc(F)cc2)S1. The van der Waals surface area contributed by atoms with Crippen LogP contribution in [0.3, 0.4) is 0 Å². The molecular formula is C18H13FN2O4S2. The lowest BCUT2D eigenvalue weighted by Crippen LogP contribution is -2.25. The van der Waals surface area contributed by atoms with Crippen molar-refractivity contribution in [1.29, 1.82) is 0 Å². The van der Waals surface area contributed by atoms with Gasteiger partial charge in [-0.1, -0.05) is 23.9 Å². The molecule has 4 rings (SSSR count). The molecule has 1 aliphatic heterocycles. The van der Waals surface area contributed by atoms with Crippen LogP contribution in [-0.4, -0.2) is 28.8 Å². The van der Waals surface area contributed by atoms with E-state index in [0.717, 1.165) is 33.4 Å². The van der Waals surface area contributed by atoms with Crippen molar-refractivity contribution in [3.05, 3.63) is 66.1 Å². The third-order valence-electron chi connectivity index (χ3n) is 4.33. The molecule has 138 valence electrons. The Morgan fingerprint density at radius 3 is 2.48 bits per heavy atom. The fourth-order valence-electron chi connectivity index (χ4n) is 3.04. The van der Waals surface area contributed by atoms with Crippen LogP contribution in [0.1, 0.15) is 5.56 Å². The number of thioether (sulfide) groups is 1. The lowest BCUT2D eigenvalue weighted by molar-refractivity contribution is -0.118. The van der Waals surface area contributed by atoms with Crippen molar-refractivity contribution in [2.24, 2.45) is 0 Å². The number of hydrogen-bond donors (Lipinski definition) is 1. The molecular weight excluding hydrogens is 391 g/mol. The standard InChI is InChI=1S/C18H13FN2O4S2/c19-12-4-6-13(7-5-12)27(24,25)21-9-8-14-11(2-1-3-15(14)21)10-16-17(22)20-18(23)26-16/h1-9,16H,10H2,(H,20,22,23). The van der Waals surface area contributed by atoms with Gasteiger partial charge >= 0.3 is 0 Å². The Morgan fingerprint density at radius 2 is 1.81 bits per heavy atom. The van der Waals surface area contributed by atoms with E-state index in [1.807, 2.05) is 0 Å². The molecule has 0 radical (unpaired) electrons. The molecule has 2 heterocycles. The van der Waals surface area contributed by atoms with E-state index >= 15 is 0 Å². The van der Waals surface area contributed by atoms with Gasteiger partial charge in [-0.05, 0) is 48.4 Å². The van der Waals surface area contributed by atoms with Crippen LogP contribution >= 0.6 is 11.8 Å². The van der Waals surface area contributed by atoms with Crippen molar-refractivity contribution >= 4 is 43.8 Å². The van der Waals surface area contributed by atoms with E-state index in [1.54, 1.807) is 24.3 Å². The van der Waals surface area contributed by atoms with E-state index in [9.17, 15) is 22.4 Å². The first-order valence-electron chi connectivity index (χ1n) is 7.98. The third kappa shape index (κ3) is 3.13. The first-order valence-corrected chi connectivity index (χ1v) is 10.3. The summed E-state index contributed by atoms with van der Waals surface area (Å²) >= 11 is 0.927. The second-order valence-corrected chi connectivity index (χ2v) is 9.00. The average Bonchev–Trinajstić information content (AvgIpc) is 3.19. The maximum Gasteiger partial charge on any atom is 0.286 e. The number of carbonyl (C=O) groups excluding carboxylic acids is 2. The van der Waals surface area contributed by atoms with Crippen LogP contribution in [0, 0.1) is 5.82 Å². The lowest BCUT2D eigenvalue weighted by Gasteiger charge is -2.10. The van der Waals surface area contributed by atoms with Crippen molar-refractivity contribution in [3.8, 4) is 0 Å². The normalized spacial score (nSPS) is 17.4. The van der Waals surface area contributed by atoms with Gasteiger partial charge in [0, 0.05) is 11.6 Å². The first-order chi connectivity index (χ1) is 12.9. The highest BCUT2D eigenvalue weighted by Crippen LogP contribution is 2.29. The molecule has 1 fully saturated rings. The Bertz CT molecular complexity index is 1170. The average molecular weight is 404 g/mol. The quantitative estimate of drug-likeness (QED) is 0.723. The molecule has 1 saturated heterocycles. The molecule has 1 unspecified atom stereocenters. The highest BCUT2D eigenvalue weighted by Gasteiger charge is 2.32. The van der Waals surface area contributed by atoms with Gasteiger partial charge in [0.05, 0.1) is 15.7 Å². The number of nitrogens with one attached hydrogen (secondary N) is 1. The van der Waals surface area contributed by atoms with Crippen LogP contribution in [0.4, 0.5) is 9.18 Å². The third-order valence-corrected chi connectivity index (χ3v) is 7.02. The minimum Gasteiger partial charge on any atom is -0.286 e. The number of imide groups is 1. The number of nitrogens with zero attached hydrogens (tertiary/aromatic N) is 1. The van der Waals surface area contributed by atoms with Gasteiger partial charge in [0.2, 0.25) is 5.91 Å². The van der Waals surface area contributed by atoms with Crippen molar-refractivity contribution < 1.29 is 22.4 Å². The maximum atomic E-state index is 13.1. The number of halogens is 1. The van der Waals surface area contributed by atoms with Crippen molar-refractivity contribution in [3.63, 3.8) is 0 Å². The lowest BCUT2D eigenvalue weighted by atomic mass is 10.0. The summed E-state index contributed by atoms with van der Waals surface area (Å²) in [4.78, 5) is 23.1. The number of carbonyl (C=O) groups is 2. The summed E-state index contributed by atoms with van der Waals surface area (Å²) < 4.78 is 40.0. The zero-order valence-corrected chi connectivity index (χ0v) is 15.4. The molecule has 1 N–H and O–H groups in total. The Morgan fingerprint density at radius 1 is 1.07 bits per heavy atom. The Hall–Kier alpha value is -2.65. The van der Waals surface area contributed by atoms with Gasteiger partial charge in [-0.25, -0.2) is 16.8 Å². The number of amides is 2. The maximum absolute atomic E-state index is 13.1. The topological polar surface area (TPSA) is 85.2 Å². The van der Waals surface area contributed by atoms with Crippen LogP contribution in [0.2, 0.25) is 0 Å². The Balaban J connectivity index is 1.75. The molecule has 27 heavy (non-hydrogen) atoms. The molecule has 1 atom stereocenters. The van der Waals surface area contributed by atoms with Crippen molar-refractivity contribution in [2.75, 3.05) is 0 Å². The van der Waals surface area contributed by atoms with Gasteiger partial charge in [-0.3, -0.25) is 14.9 Å². The number of benzene rings is 2. The highest BCUT2D eigenvalue weighted by atomic mass is 32.2. The van der Waals surface area contributed by atoms with Crippen LogP contribution in [-0.2, 0) is 21.2 Å². The number of fused-ring (bicyclic) bond motifs is 1. The summed E-state index contributed by atoms with van der Waals surface area (Å²) in [6.45, 7) is 0. The number of rotatable bonds is 4. The largest absolute Gasteiger partial charge is 0.286 e. The fourth-order valence-corrected chi connectivity index (χ4v) is 5.23. The second kappa shape index (κ2) is 6.50. The Kier molecular flexibility index (Phi) is 4.27. The molecule has 0 aliphatic carbocycles. The summed E-state index contributed by atoms with van der Waals surface area (Å²) in [6, 6.07) is 11.4. The van der Waals surface area contributed by atoms with Gasteiger partial charge in [-0.15, -0.1) is 0 Å². The van der Waals surface area contributed by atoms with Gasteiger partial charge in [0.25, 0.3) is 15.3 Å². The van der Waals surface area contributed by atoms with Crippen molar-refractivity contribution in [2.45, 2.75) is 16.6 Å². The summed E-state index contributed by atoms with van der Waals surface area (Å²) in [5.41, 5.74) is 1.22. The van der Waals surface area contributed by atoms with E-state index in [1.165, 1.54) is 18.3 Å². The number of aromatic nitrogens is 1. The highest BCUT2D eigenvalue weighted by molar-refractivity contribution is 8.15. The van der Waals surface area contributed by atoms with Gasteiger partial charge < -0.3 is 0 Å². The summed E-state index contributed by atoms with van der Waals surface area (Å²) in [5.74, 6) is -0.865. The van der Waals surface area contributed by atoms with Crippen molar-refractivity contribution in [1.82, 2.24) is 9.29 Å². The van der Waals surface area contributed by atoms with Crippen LogP contribution in [0.15, 0.2) is 59.6 Å². The van der Waals surface area contributed by atoms with Crippen LogP contribution in [0.5, 0.6) is 0 Å².